The minimum absolute atomic E-state index is 0.0240. The van der Waals surface area contributed by atoms with Crippen LogP contribution in [0.2, 0.25) is 0 Å². The molecule has 0 saturated heterocycles. The summed E-state index contributed by atoms with van der Waals surface area (Å²) >= 11 is 0. The number of nitro groups is 1. The maximum Gasteiger partial charge on any atom is 0.315 e. The Kier molecular flexibility index (Phi) is 6.10. The number of hydrogen-bond donors (Lipinski definition) is 2. The van der Waals surface area contributed by atoms with Crippen LogP contribution >= 0.6 is 0 Å². The summed E-state index contributed by atoms with van der Waals surface area (Å²) in [5.41, 5.74) is 2.71. The average molecular weight is 359 g/mol. The number of carbonyl (C=O) groups is 1. The number of phenols is 1. The lowest BCUT2D eigenvalue weighted by molar-refractivity contribution is -0.385. The summed E-state index contributed by atoms with van der Waals surface area (Å²) in [7, 11) is 1.33. The predicted octanol–water partition coefficient (Wildman–Crippen LogP) is 2.15. The standard InChI is InChI=1S/C17H17N3O6/c1-11-4-3-5-13(6-11)26-10-16(21)19-18-9-12-7-14(25-2)8-15(17(12)22)20(23)24/h3-9,22H,10H2,1-2H3,(H,19,21). The highest BCUT2D eigenvalue weighted by Gasteiger charge is 2.18. The van der Waals surface area contributed by atoms with Crippen molar-refractivity contribution in [3.8, 4) is 17.2 Å². The molecular formula is C17H17N3O6. The van der Waals surface area contributed by atoms with Gasteiger partial charge in [-0.3, -0.25) is 14.9 Å². The molecule has 26 heavy (non-hydrogen) atoms. The Labute approximate surface area is 149 Å². The first-order valence-electron chi connectivity index (χ1n) is 7.47. The molecule has 0 saturated carbocycles. The maximum atomic E-state index is 11.7. The van der Waals surface area contributed by atoms with Crippen molar-refractivity contribution < 1.29 is 24.3 Å². The number of nitrogens with zero attached hydrogens (tertiary/aromatic N) is 2. The number of aryl methyl sites for hydroxylation is 1. The van der Waals surface area contributed by atoms with Gasteiger partial charge in [0.15, 0.2) is 6.61 Å². The number of hydrazone groups is 1. The number of nitro benzene ring substituents is 1. The van der Waals surface area contributed by atoms with E-state index < -0.39 is 22.3 Å². The van der Waals surface area contributed by atoms with Crippen LogP contribution < -0.4 is 14.9 Å². The van der Waals surface area contributed by atoms with Crippen molar-refractivity contribution in [2.45, 2.75) is 6.92 Å². The molecule has 0 aliphatic carbocycles. The summed E-state index contributed by atoms with van der Waals surface area (Å²) in [6, 6.07) is 9.64. The minimum Gasteiger partial charge on any atom is -0.502 e. The van der Waals surface area contributed by atoms with Crippen molar-refractivity contribution in [3.63, 3.8) is 0 Å². The highest BCUT2D eigenvalue weighted by molar-refractivity contribution is 5.88. The number of hydrogen-bond acceptors (Lipinski definition) is 7. The molecule has 1 amide bonds. The molecule has 0 heterocycles. The zero-order valence-electron chi connectivity index (χ0n) is 14.1. The van der Waals surface area contributed by atoms with Crippen LogP contribution in [0.15, 0.2) is 41.5 Å². The lowest BCUT2D eigenvalue weighted by Gasteiger charge is -2.06. The molecule has 136 valence electrons. The molecule has 0 fully saturated rings. The molecule has 2 aromatic rings. The van der Waals surface area contributed by atoms with Gasteiger partial charge in [0.25, 0.3) is 5.91 Å². The van der Waals surface area contributed by atoms with Crippen molar-refractivity contribution in [2.24, 2.45) is 5.10 Å². The van der Waals surface area contributed by atoms with Crippen LogP contribution in [0.3, 0.4) is 0 Å². The van der Waals surface area contributed by atoms with Gasteiger partial charge in [-0.25, -0.2) is 5.43 Å². The number of methoxy groups -OCH3 is 1. The van der Waals surface area contributed by atoms with E-state index >= 15 is 0 Å². The number of ether oxygens (including phenoxy) is 2. The van der Waals surface area contributed by atoms with E-state index in [1.807, 2.05) is 13.0 Å². The van der Waals surface area contributed by atoms with Crippen molar-refractivity contribution in [3.05, 3.63) is 57.6 Å². The van der Waals surface area contributed by atoms with Crippen LogP contribution in [-0.4, -0.2) is 35.9 Å². The Bertz CT molecular complexity index is 850. The monoisotopic (exact) mass is 359 g/mol. The molecular weight excluding hydrogens is 342 g/mol. The molecule has 2 rings (SSSR count). The van der Waals surface area contributed by atoms with E-state index in [1.54, 1.807) is 18.2 Å². The van der Waals surface area contributed by atoms with E-state index in [0.717, 1.165) is 17.8 Å². The second-order valence-electron chi connectivity index (χ2n) is 5.24. The van der Waals surface area contributed by atoms with Crippen LogP contribution in [0.4, 0.5) is 5.69 Å². The van der Waals surface area contributed by atoms with Gasteiger partial charge in [-0.15, -0.1) is 0 Å². The zero-order chi connectivity index (χ0) is 19.1. The molecule has 0 bridgehead atoms. The Hall–Kier alpha value is -3.62. The molecule has 0 spiro atoms. The second-order valence-corrected chi connectivity index (χ2v) is 5.24. The van der Waals surface area contributed by atoms with Crippen LogP contribution in [0, 0.1) is 17.0 Å². The molecule has 0 unspecified atom stereocenters. The second kappa shape index (κ2) is 8.47. The van der Waals surface area contributed by atoms with Gasteiger partial charge >= 0.3 is 5.69 Å². The molecule has 9 nitrogen and oxygen atoms in total. The molecule has 0 aliphatic rings. The Morgan fingerprint density at radius 3 is 2.77 bits per heavy atom. The lowest BCUT2D eigenvalue weighted by Crippen LogP contribution is -2.24. The van der Waals surface area contributed by atoms with Gasteiger partial charge < -0.3 is 14.6 Å². The summed E-state index contributed by atoms with van der Waals surface area (Å²) in [6.07, 6.45) is 1.08. The highest BCUT2D eigenvalue weighted by Crippen LogP contribution is 2.33. The first kappa shape index (κ1) is 18.7. The summed E-state index contributed by atoms with van der Waals surface area (Å²) in [5, 5.41) is 24.5. The van der Waals surface area contributed by atoms with Crippen molar-refractivity contribution in [2.75, 3.05) is 13.7 Å². The summed E-state index contributed by atoms with van der Waals surface area (Å²) in [5.74, 6) is -0.389. The minimum atomic E-state index is -0.747. The van der Waals surface area contributed by atoms with Crippen LogP contribution in [0.25, 0.3) is 0 Å². The van der Waals surface area contributed by atoms with Gasteiger partial charge in [0, 0.05) is 5.56 Å². The lowest BCUT2D eigenvalue weighted by atomic mass is 10.1. The normalized spacial score (nSPS) is 10.5. The van der Waals surface area contributed by atoms with Gasteiger partial charge in [-0.2, -0.15) is 5.10 Å². The van der Waals surface area contributed by atoms with E-state index in [-0.39, 0.29) is 17.9 Å². The number of benzene rings is 2. The third-order valence-electron chi connectivity index (χ3n) is 3.28. The number of amides is 1. The summed E-state index contributed by atoms with van der Waals surface area (Å²) in [6.45, 7) is 1.64. The van der Waals surface area contributed by atoms with Gasteiger partial charge in [-0.05, 0) is 30.7 Å². The number of aromatic hydroxyl groups is 1. The van der Waals surface area contributed by atoms with Crippen molar-refractivity contribution >= 4 is 17.8 Å². The average Bonchev–Trinajstić information content (AvgIpc) is 2.61. The van der Waals surface area contributed by atoms with E-state index in [2.05, 4.69) is 10.5 Å². The molecule has 0 radical (unpaired) electrons. The Morgan fingerprint density at radius 1 is 1.35 bits per heavy atom. The SMILES string of the molecule is COc1cc(C=NNC(=O)COc2cccc(C)c2)c(O)c([N+](=O)[O-])c1. The van der Waals surface area contributed by atoms with Crippen molar-refractivity contribution in [1.29, 1.82) is 0 Å². The van der Waals surface area contributed by atoms with Gasteiger partial charge in [-0.1, -0.05) is 12.1 Å². The van der Waals surface area contributed by atoms with Gasteiger partial charge in [0.2, 0.25) is 5.75 Å². The summed E-state index contributed by atoms with van der Waals surface area (Å²) < 4.78 is 10.3. The van der Waals surface area contributed by atoms with Crippen LogP contribution in [-0.2, 0) is 4.79 Å². The highest BCUT2D eigenvalue weighted by atomic mass is 16.6. The molecule has 2 aromatic carbocycles. The molecule has 2 N–H and O–H groups in total. The first-order chi connectivity index (χ1) is 12.4. The van der Waals surface area contributed by atoms with Crippen LogP contribution in [0.1, 0.15) is 11.1 Å². The molecule has 9 heteroatoms. The largest absolute Gasteiger partial charge is 0.502 e. The maximum absolute atomic E-state index is 11.7. The predicted molar refractivity (Wildman–Crippen MR) is 93.7 cm³/mol. The number of carbonyl (C=O) groups excluding carboxylic acids is 1. The first-order valence-corrected chi connectivity index (χ1v) is 7.47. The number of phenolic OH excluding ortho intramolecular Hbond substituents is 1. The van der Waals surface area contributed by atoms with Gasteiger partial charge in [0.1, 0.15) is 11.5 Å². The van der Waals surface area contributed by atoms with Crippen LogP contribution in [0.5, 0.6) is 17.2 Å². The van der Waals surface area contributed by atoms with E-state index in [0.29, 0.717) is 5.75 Å². The third-order valence-corrected chi connectivity index (χ3v) is 3.28. The quantitative estimate of drug-likeness (QED) is 0.443. The van der Waals surface area contributed by atoms with Gasteiger partial charge in [0.05, 0.1) is 24.3 Å². The number of nitrogens with one attached hydrogen (secondary N) is 1. The topological polar surface area (TPSA) is 123 Å². The van der Waals surface area contributed by atoms with E-state index in [4.69, 9.17) is 9.47 Å². The van der Waals surface area contributed by atoms with Crippen molar-refractivity contribution in [1.82, 2.24) is 5.43 Å². The molecule has 0 atom stereocenters. The third kappa shape index (κ3) is 4.94. The fourth-order valence-electron chi connectivity index (χ4n) is 2.03. The summed E-state index contributed by atoms with van der Waals surface area (Å²) in [4.78, 5) is 21.9. The van der Waals surface area contributed by atoms with E-state index in [9.17, 15) is 20.0 Å². The van der Waals surface area contributed by atoms with E-state index in [1.165, 1.54) is 13.2 Å². The fourth-order valence-corrected chi connectivity index (χ4v) is 2.03. The Morgan fingerprint density at radius 2 is 2.12 bits per heavy atom. The Balaban J connectivity index is 2.00. The smallest absolute Gasteiger partial charge is 0.315 e. The molecule has 0 aromatic heterocycles. The molecule has 0 aliphatic heterocycles. The fraction of sp³-hybridized carbons (Fsp3) is 0.176. The number of rotatable bonds is 7. The zero-order valence-corrected chi connectivity index (χ0v) is 14.1.